The number of primary amides is 1. The van der Waals surface area contributed by atoms with Crippen molar-refractivity contribution >= 4 is 25.6 Å². The summed E-state index contributed by atoms with van der Waals surface area (Å²) in [6.07, 6.45) is 8.93. The van der Waals surface area contributed by atoms with Gasteiger partial charge < -0.3 is 5.73 Å². The first kappa shape index (κ1) is 25.9. The molecule has 2 fully saturated rings. The number of carbonyl (C=O) groups excluding carboxylic acids is 1. The Balaban J connectivity index is 0.000000170. The largest absolute Gasteiger partial charge is 0.364 e. The summed E-state index contributed by atoms with van der Waals surface area (Å²) in [4.78, 5) is 23.6. The molecule has 192 valence electrons. The molecule has 0 saturated heterocycles. The molecule has 0 radical (unpaired) electrons. The zero-order chi connectivity index (χ0) is 26.1. The fourth-order valence-corrected chi connectivity index (χ4v) is 5.81. The van der Waals surface area contributed by atoms with Crippen LogP contribution in [-0.4, -0.2) is 59.4 Å². The molecule has 2 aliphatic carbocycles. The van der Waals surface area contributed by atoms with E-state index >= 15 is 0 Å². The van der Waals surface area contributed by atoms with Gasteiger partial charge in [0.05, 0.1) is 21.3 Å². The van der Waals surface area contributed by atoms with E-state index in [4.69, 9.17) is 5.73 Å². The van der Waals surface area contributed by atoms with Crippen LogP contribution in [0.15, 0.2) is 40.6 Å². The fraction of sp³-hybridized carbons (Fsp3) is 0.435. The average Bonchev–Trinajstić information content (AvgIpc) is 3.82. The van der Waals surface area contributed by atoms with Crippen LogP contribution >= 0.6 is 0 Å². The fourth-order valence-electron chi connectivity index (χ4n) is 3.67. The quantitative estimate of drug-likeness (QED) is 0.440. The first-order chi connectivity index (χ1) is 17.1. The first-order valence-corrected chi connectivity index (χ1v) is 15.0. The number of nitrogens with one attached hydrogen (secondary N) is 1. The predicted molar refractivity (Wildman–Crippen MR) is 132 cm³/mol. The second kappa shape index (κ2) is 10.1. The molecule has 3 heterocycles. The number of aromatic nitrogens is 5. The summed E-state index contributed by atoms with van der Waals surface area (Å²) in [5.41, 5.74) is 7.21. The smallest absolute Gasteiger partial charge is 0.268 e. The molecule has 36 heavy (non-hydrogen) atoms. The molecule has 3 aromatic rings. The average molecular weight is 533 g/mol. The van der Waals surface area contributed by atoms with E-state index < -0.39 is 25.6 Å². The monoisotopic (exact) mass is 532 g/mol. The molecule has 0 bridgehead atoms. The highest BCUT2D eigenvalue weighted by molar-refractivity contribution is 7.91. The van der Waals surface area contributed by atoms with Crippen molar-refractivity contribution in [2.75, 3.05) is 11.5 Å². The third kappa shape index (κ3) is 5.62. The standard InChI is InChI=1S/C12H14N4O2S.C11H14N2O3S/c1-2-19(17,18)10-5-9(8-3-4-8)6-13-11(10)12-14-7-15-16-12;1-2-17(15,16)9-5-8(7-3-4-7)6-13-10(9)11(12)14/h5-8H,2-4H2,1H3,(H,14,15,16);5-7H,2-4H2,1H3,(H2,12,14). The Hall–Kier alpha value is -3.19. The van der Waals surface area contributed by atoms with E-state index in [1.165, 1.54) is 13.3 Å². The van der Waals surface area contributed by atoms with Gasteiger partial charge in [0.1, 0.15) is 17.7 Å². The number of aromatic amines is 1. The number of nitrogens with zero attached hydrogens (tertiary/aromatic N) is 4. The third-order valence-electron chi connectivity index (χ3n) is 6.15. The predicted octanol–water partition coefficient (Wildman–Crippen LogP) is 2.39. The van der Waals surface area contributed by atoms with Crippen molar-refractivity contribution in [3.63, 3.8) is 0 Å². The lowest BCUT2D eigenvalue weighted by atomic mass is 10.2. The SMILES string of the molecule is CCS(=O)(=O)c1cc(C2CC2)cnc1-c1ncn[nH]1.CCS(=O)(=O)c1cc(C2CC2)cnc1C(N)=O. The minimum atomic E-state index is -3.47. The van der Waals surface area contributed by atoms with Crippen LogP contribution in [0.3, 0.4) is 0 Å². The summed E-state index contributed by atoms with van der Waals surface area (Å²) < 4.78 is 48.2. The van der Waals surface area contributed by atoms with Gasteiger partial charge in [-0.05, 0) is 60.8 Å². The van der Waals surface area contributed by atoms with Gasteiger partial charge in [-0.1, -0.05) is 13.8 Å². The Morgan fingerprint density at radius 3 is 1.89 bits per heavy atom. The molecule has 2 saturated carbocycles. The summed E-state index contributed by atoms with van der Waals surface area (Å²) in [6, 6.07) is 3.28. The van der Waals surface area contributed by atoms with Crippen molar-refractivity contribution in [2.45, 2.75) is 61.2 Å². The molecule has 0 aromatic carbocycles. The van der Waals surface area contributed by atoms with Crippen molar-refractivity contribution in [3.05, 3.63) is 47.7 Å². The molecule has 2 aliphatic rings. The highest BCUT2D eigenvalue weighted by Gasteiger charge is 2.29. The number of hydrogen-bond donors (Lipinski definition) is 2. The van der Waals surface area contributed by atoms with Crippen LogP contribution in [-0.2, 0) is 19.7 Å². The van der Waals surface area contributed by atoms with E-state index in [2.05, 4.69) is 25.1 Å². The van der Waals surface area contributed by atoms with Crippen LogP contribution in [0.2, 0.25) is 0 Å². The lowest BCUT2D eigenvalue weighted by Crippen LogP contribution is -2.19. The van der Waals surface area contributed by atoms with Gasteiger partial charge in [0.15, 0.2) is 25.5 Å². The summed E-state index contributed by atoms with van der Waals surface area (Å²) in [6.45, 7) is 3.16. The summed E-state index contributed by atoms with van der Waals surface area (Å²) in [5.74, 6) is 0.401. The maximum atomic E-state index is 12.2. The Bertz CT molecular complexity index is 1480. The molecule has 0 aliphatic heterocycles. The van der Waals surface area contributed by atoms with Gasteiger partial charge in [-0.3, -0.25) is 14.9 Å². The number of pyridine rings is 2. The van der Waals surface area contributed by atoms with Gasteiger partial charge in [-0.25, -0.2) is 26.8 Å². The highest BCUT2D eigenvalue weighted by Crippen LogP contribution is 2.41. The van der Waals surface area contributed by atoms with E-state index in [-0.39, 0.29) is 27.0 Å². The number of sulfone groups is 2. The van der Waals surface area contributed by atoms with Crippen LogP contribution < -0.4 is 5.73 Å². The molecule has 13 heteroatoms. The molecule has 0 spiro atoms. The van der Waals surface area contributed by atoms with Crippen molar-refractivity contribution in [1.29, 1.82) is 0 Å². The van der Waals surface area contributed by atoms with Crippen molar-refractivity contribution in [2.24, 2.45) is 5.73 Å². The maximum Gasteiger partial charge on any atom is 0.268 e. The number of carbonyl (C=O) groups is 1. The van der Waals surface area contributed by atoms with Gasteiger partial charge in [-0.2, -0.15) is 5.10 Å². The Labute approximate surface area is 209 Å². The van der Waals surface area contributed by atoms with Gasteiger partial charge in [-0.15, -0.1) is 0 Å². The van der Waals surface area contributed by atoms with E-state index in [9.17, 15) is 21.6 Å². The maximum absolute atomic E-state index is 12.2. The third-order valence-corrected chi connectivity index (χ3v) is 9.63. The lowest BCUT2D eigenvalue weighted by molar-refractivity contribution is 0.0992. The van der Waals surface area contributed by atoms with Gasteiger partial charge >= 0.3 is 0 Å². The molecule has 0 atom stereocenters. The second-order valence-corrected chi connectivity index (χ2v) is 13.3. The minimum absolute atomic E-state index is 0.0306. The Morgan fingerprint density at radius 1 is 0.889 bits per heavy atom. The number of hydrogen-bond acceptors (Lipinski definition) is 9. The normalized spacial score (nSPS) is 15.7. The van der Waals surface area contributed by atoms with Gasteiger partial charge in [0, 0.05) is 12.4 Å². The van der Waals surface area contributed by atoms with Crippen molar-refractivity contribution < 1.29 is 21.6 Å². The van der Waals surface area contributed by atoms with E-state index in [1.54, 1.807) is 31.5 Å². The number of amides is 1. The molecule has 3 aromatic heterocycles. The molecule has 11 nitrogen and oxygen atoms in total. The molecule has 3 N–H and O–H groups in total. The minimum Gasteiger partial charge on any atom is -0.364 e. The van der Waals surface area contributed by atoms with Crippen LogP contribution in [0.25, 0.3) is 11.5 Å². The topological polar surface area (TPSA) is 179 Å². The van der Waals surface area contributed by atoms with Crippen LogP contribution in [0.1, 0.15) is 73.0 Å². The molecule has 1 amide bonds. The zero-order valence-corrected chi connectivity index (χ0v) is 21.6. The zero-order valence-electron chi connectivity index (χ0n) is 20.0. The highest BCUT2D eigenvalue weighted by atomic mass is 32.2. The molecular weight excluding hydrogens is 504 g/mol. The van der Waals surface area contributed by atoms with Crippen molar-refractivity contribution in [1.82, 2.24) is 25.1 Å². The van der Waals surface area contributed by atoms with Crippen LogP contribution in [0, 0.1) is 0 Å². The summed E-state index contributed by atoms with van der Waals surface area (Å²) in [7, 11) is -6.80. The number of H-pyrrole nitrogens is 1. The van der Waals surface area contributed by atoms with Gasteiger partial charge in [0.25, 0.3) is 5.91 Å². The first-order valence-electron chi connectivity index (χ1n) is 11.7. The van der Waals surface area contributed by atoms with E-state index in [0.29, 0.717) is 23.4 Å². The summed E-state index contributed by atoms with van der Waals surface area (Å²) in [5, 5.41) is 6.41. The van der Waals surface area contributed by atoms with Gasteiger partial charge in [0.2, 0.25) is 0 Å². The number of nitrogens with two attached hydrogens (primary N) is 1. The Morgan fingerprint density at radius 2 is 1.42 bits per heavy atom. The van der Waals surface area contributed by atoms with E-state index in [0.717, 1.165) is 36.8 Å². The molecule has 0 unspecified atom stereocenters. The van der Waals surface area contributed by atoms with Crippen LogP contribution in [0.5, 0.6) is 0 Å². The lowest BCUT2D eigenvalue weighted by Gasteiger charge is -2.08. The van der Waals surface area contributed by atoms with Crippen LogP contribution in [0.4, 0.5) is 0 Å². The molecular formula is C23H28N6O5S2. The number of rotatable bonds is 8. The molecule has 5 rings (SSSR count). The Kier molecular flexibility index (Phi) is 7.23. The van der Waals surface area contributed by atoms with E-state index in [1.807, 2.05) is 0 Å². The second-order valence-electron chi connectivity index (χ2n) is 8.78. The summed E-state index contributed by atoms with van der Waals surface area (Å²) >= 11 is 0. The van der Waals surface area contributed by atoms with Crippen molar-refractivity contribution in [3.8, 4) is 11.5 Å².